The summed E-state index contributed by atoms with van der Waals surface area (Å²) in [4.78, 5) is 88.4. The zero-order chi connectivity index (χ0) is 37.4. The van der Waals surface area contributed by atoms with Crippen molar-refractivity contribution in [2.45, 2.75) is 83.1 Å². The lowest BCUT2D eigenvalue weighted by Crippen LogP contribution is -2.60. The third kappa shape index (κ3) is 14.3. The number of benzene rings is 2. The highest BCUT2D eigenvalue weighted by Crippen LogP contribution is 2.13. The number of aliphatic carboxylic acids is 2. The van der Waals surface area contributed by atoms with E-state index in [1.165, 1.54) is 31.2 Å². The normalized spacial score (nSPS) is 13.9. The average molecular weight is 700 g/mol. The maximum Gasteiger partial charge on any atom is 0.326 e. The van der Waals surface area contributed by atoms with Gasteiger partial charge in [-0.3, -0.25) is 28.8 Å². The molecule has 0 saturated heterocycles. The number of amides is 5. The Kier molecular flexibility index (Phi) is 16.4. The first-order valence-electron chi connectivity index (χ1n) is 15.9. The average Bonchev–Trinajstić information content (AvgIpc) is 3.05. The molecule has 0 bridgehead atoms. The summed E-state index contributed by atoms with van der Waals surface area (Å²) in [5.41, 5.74) is 1.15. The maximum absolute atomic E-state index is 13.7. The lowest BCUT2D eigenvalue weighted by Gasteiger charge is -2.26. The number of phenolic OH excluding ortho intramolecular Hbond substituents is 1. The number of aromatic hydroxyl groups is 1. The molecule has 9 N–H and O–H groups in total. The van der Waals surface area contributed by atoms with Crippen molar-refractivity contribution >= 4 is 41.5 Å². The molecule has 5 amide bonds. The molecule has 2 aromatic carbocycles. The molecule has 50 heavy (non-hydrogen) atoms. The smallest absolute Gasteiger partial charge is 0.326 e. The fraction of sp³-hybridized carbons (Fsp3) is 0.441. The first-order chi connectivity index (χ1) is 23.6. The molecular weight excluding hydrogens is 654 g/mol. The van der Waals surface area contributed by atoms with Crippen LogP contribution in [0.15, 0.2) is 54.6 Å². The van der Waals surface area contributed by atoms with Crippen LogP contribution >= 0.6 is 0 Å². The minimum Gasteiger partial charge on any atom is -0.508 e. The van der Waals surface area contributed by atoms with E-state index in [4.69, 9.17) is 0 Å². The first-order valence-corrected chi connectivity index (χ1v) is 15.9. The number of carboxylic acid groups (broad SMARTS) is 2. The van der Waals surface area contributed by atoms with Gasteiger partial charge in [-0.05, 0) is 42.0 Å². The Hall–Kier alpha value is -5.51. The molecule has 2 rings (SSSR count). The number of hydrogen-bond donors (Lipinski definition) is 9. The van der Waals surface area contributed by atoms with Crippen molar-refractivity contribution in [2.75, 3.05) is 6.61 Å². The summed E-state index contributed by atoms with van der Waals surface area (Å²) in [5, 5.41) is 50.6. The van der Waals surface area contributed by atoms with Crippen LogP contribution in [-0.2, 0) is 46.4 Å². The summed E-state index contributed by atoms with van der Waals surface area (Å²) < 4.78 is 0. The number of carboxylic acids is 2. The molecule has 0 radical (unpaired) electrons. The van der Waals surface area contributed by atoms with Crippen LogP contribution in [0.4, 0.5) is 0 Å². The minimum atomic E-state index is -1.59. The maximum atomic E-state index is 13.7. The van der Waals surface area contributed by atoms with Gasteiger partial charge in [0.1, 0.15) is 36.0 Å². The van der Waals surface area contributed by atoms with Gasteiger partial charge in [-0.1, -0.05) is 56.3 Å². The van der Waals surface area contributed by atoms with Gasteiger partial charge in [-0.2, -0.15) is 0 Å². The van der Waals surface area contributed by atoms with E-state index in [2.05, 4.69) is 26.6 Å². The number of carbonyl (C=O) groups excluding carboxylic acids is 5. The molecule has 0 spiro atoms. The predicted molar refractivity (Wildman–Crippen MR) is 178 cm³/mol. The molecule has 272 valence electrons. The van der Waals surface area contributed by atoms with Crippen LogP contribution in [0.3, 0.4) is 0 Å². The molecule has 5 atom stereocenters. The molecule has 2 aromatic rings. The van der Waals surface area contributed by atoms with Crippen molar-refractivity contribution in [3.63, 3.8) is 0 Å². The second-order valence-corrected chi connectivity index (χ2v) is 12.1. The zero-order valence-electron chi connectivity index (χ0n) is 28.0. The number of nitrogens with one attached hydrogen (secondary N) is 5. The van der Waals surface area contributed by atoms with E-state index in [1.54, 1.807) is 44.2 Å². The van der Waals surface area contributed by atoms with Gasteiger partial charge in [0.25, 0.3) is 0 Å². The summed E-state index contributed by atoms with van der Waals surface area (Å²) in [6, 6.07) is 7.31. The fourth-order valence-electron chi connectivity index (χ4n) is 4.89. The Morgan fingerprint density at radius 2 is 1.08 bits per heavy atom. The third-order valence-corrected chi connectivity index (χ3v) is 7.40. The minimum absolute atomic E-state index is 0.0582. The van der Waals surface area contributed by atoms with Crippen molar-refractivity contribution in [3.8, 4) is 5.75 Å². The van der Waals surface area contributed by atoms with Crippen LogP contribution in [0.25, 0.3) is 0 Å². The number of phenols is 1. The lowest BCUT2D eigenvalue weighted by atomic mass is 10.0. The Balaban J connectivity index is 2.32. The second-order valence-electron chi connectivity index (χ2n) is 12.1. The highest BCUT2D eigenvalue weighted by Gasteiger charge is 2.33. The Bertz CT molecular complexity index is 1480. The van der Waals surface area contributed by atoms with Crippen LogP contribution in [0.2, 0.25) is 0 Å². The van der Waals surface area contributed by atoms with Gasteiger partial charge in [0.2, 0.25) is 29.5 Å². The number of rotatable bonds is 20. The van der Waals surface area contributed by atoms with Crippen LogP contribution in [0.1, 0.15) is 51.2 Å². The SMILES string of the molecule is CC(=O)N[C@@H](Cc1ccccc1)C(=O)N[C@@H](CO)C(=O)N[C@@H](Cc1ccc(O)cc1)C(=O)N[C@@H](CCC(=O)O)C(=O)N[C@@H](CC(C)C)C(=O)O. The Morgan fingerprint density at radius 1 is 0.620 bits per heavy atom. The van der Waals surface area contributed by atoms with Crippen molar-refractivity contribution in [1.82, 2.24) is 26.6 Å². The molecular formula is C34H45N5O11. The molecule has 0 unspecified atom stereocenters. The van der Waals surface area contributed by atoms with Gasteiger partial charge in [0.05, 0.1) is 6.61 Å². The van der Waals surface area contributed by atoms with E-state index >= 15 is 0 Å². The molecule has 16 heteroatoms. The van der Waals surface area contributed by atoms with Gasteiger partial charge in [-0.25, -0.2) is 4.79 Å². The van der Waals surface area contributed by atoms with Gasteiger partial charge < -0.3 is 47.0 Å². The van der Waals surface area contributed by atoms with Crippen LogP contribution < -0.4 is 26.6 Å². The highest BCUT2D eigenvalue weighted by atomic mass is 16.4. The van der Waals surface area contributed by atoms with Crippen molar-refractivity contribution in [2.24, 2.45) is 5.92 Å². The van der Waals surface area contributed by atoms with E-state index in [1.807, 2.05) is 0 Å². The van der Waals surface area contributed by atoms with E-state index in [0.29, 0.717) is 11.1 Å². The van der Waals surface area contributed by atoms with Crippen LogP contribution in [0.5, 0.6) is 5.75 Å². The zero-order valence-corrected chi connectivity index (χ0v) is 28.0. The second kappa shape index (κ2) is 20.1. The molecule has 16 nitrogen and oxygen atoms in total. The van der Waals surface area contributed by atoms with Gasteiger partial charge >= 0.3 is 11.9 Å². The summed E-state index contributed by atoms with van der Waals surface area (Å²) in [6.07, 6.45) is -1.07. The monoisotopic (exact) mass is 699 g/mol. The van der Waals surface area contributed by atoms with Gasteiger partial charge in [0, 0.05) is 26.2 Å². The first kappa shape index (κ1) is 40.7. The molecule has 0 aliphatic heterocycles. The van der Waals surface area contributed by atoms with Crippen LogP contribution in [0, 0.1) is 5.92 Å². The standard InChI is InChI=1S/C34H45N5O11/c1-19(2)15-27(34(49)50)38-30(45)24(13-14-29(43)44)36-32(47)26(17-22-9-11-23(42)12-10-22)37-33(48)28(18-40)39-31(46)25(35-20(3)41)16-21-7-5-4-6-8-21/h4-12,19,24-28,40,42H,13-18H2,1-3H3,(H,35,41)(H,36,47)(H,37,48)(H,38,45)(H,39,46)(H,43,44)(H,49,50)/t24-,25-,26-,27-,28-/m0/s1. The van der Waals surface area contributed by atoms with Crippen molar-refractivity contribution in [1.29, 1.82) is 0 Å². The van der Waals surface area contributed by atoms with Gasteiger partial charge in [0.15, 0.2) is 0 Å². The molecule has 0 heterocycles. The fourth-order valence-corrected chi connectivity index (χ4v) is 4.89. The summed E-state index contributed by atoms with van der Waals surface area (Å²) in [7, 11) is 0. The molecule has 0 saturated carbocycles. The molecule has 0 aliphatic rings. The van der Waals surface area contributed by atoms with Gasteiger partial charge in [-0.15, -0.1) is 0 Å². The van der Waals surface area contributed by atoms with E-state index < -0.39 is 91.1 Å². The number of aliphatic hydroxyl groups is 1. The Labute approximate surface area is 289 Å². The predicted octanol–water partition coefficient (Wildman–Crippen LogP) is -0.391. The van der Waals surface area contributed by atoms with E-state index in [-0.39, 0.29) is 30.9 Å². The lowest BCUT2D eigenvalue weighted by molar-refractivity contribution is -0.143. The topological polar surface area (TPSA) is 261 Å². The number of aliphatic hydroxyl groups excluding tert-OH is 1. The molecule has 0 aromatic heterocycles. The summed E-state index contributed by atoms with van der Waals surface area (Å²) >= 11 is 0. The molecule has 0 aliphatic carbocycles. The summed E-state index contributed by atoms with van der Waals surface area (Å²) in [5.74, 6) is -7.04. The summed E-state index contributed by atoms with van der Waals surface area (Å²) in [6.45, 7) is 3.80. The van der Waals surface area contributed by atoms with E-state index in [0.717, 1.165) is 0 Å². The number of hydrogen-bond acceptors (Lipinski definition) is 9. The highest BCUT2D eigenvalue weighted by molar-refractivity contribution is 5.96. The molecule has 0 fully saturated rings. The van der Waals surface area contributed by atoms with Crippen molar-refractivity contribution < 1.29 is 54.0 Å². The number of carbonyl (C=O) groups is 7. The Morgan fingerprint density at radius 3 is 1.58 bits per heavy atom. The largest absolute Gasteiger partial charge is 0.508 e. The van der Waals surface area contributed by atoms with E-state index in [9.17, 15) is 54.0 Å². The third-order valence-electron chi connectivity index (χ3n) is 7.40. The quantitative estimate of drug-likeness (QED) is 0.0860. The van der Waals surface area contributed by atoms with Crippen LogP contribution in [-0.4, -0.2) is 98.7 Å². The van der Waals surface area contributed by atoms with Crippen molar-refractivity contribution in [3.05, 3.63) is 65.7 Å².